The fourth-order valence-corrected chi connectivity index (χ4v) is 7.78. The Kier molecular flexibility index (Phi) is 5.13. The first-order chi connectivity index (χ1) is 17.1. The van der Waals surface area contributed by atoms with Crippen molar-refractivity contribution in [1.29, 1.82) is 0 Å². The van der Waals surface area contributed by atoms with Gasteiger partial charge in [-0.25, -0.2) is 0 Å². The molecule has 2 aliphatic heterocycles. The number of likely N-dealkylation sites (tertiary alicyclic amines) is 1. The van der Waals surface area contributed by atoms with Crippen LogP contribution in [0.15, 0.2) is 49.1 Å². The van der Waals surface area contributed by atoms with Gasteiger partial charge in [0.05, 0.1) is 17.1 Å². The molecule has 5 atom stereocenters. The summed E-state index contributed by atoms with van der Waals surface area (Å²) in [5.74, 6) is 0.391. The van der Waals surface area contributed by atoms with Gasteiger partial charge in [-0.05, 0) is 56.0 Å². The molecule has 2 heterocycles. The van der Waals surface area contributed by atoms with Gasteiger partial charge in [-0.2, -0.15) is 8.42 Å². The molecule has 10 heteroatoms. The number of benzene rings is 2. The molecule has 0 aromatic heterocycles. The van der Waals surface area contributed by atoms with Gasteiger partial charge in [-0.15, -0.1) is 6.58 Å². The summed E-state index contributed by atoms with van der Waals surface area (Å²) in [6.45, 7) is 5.35. The van der Waals surface area contributed by atoms with Crippen LogP contribution in [0.25, 0.3) is 0 Å². The van der Waals surface area contributed by atoms with E-state index >= 15 is 0 Å². The van der Waals surface area contributed by atoms with Crippen LogP contribution in [-0.4, -0.2) is 67.5 Å². The molecule has 2 aliphatic carbocycles. The average molecular weight is 517 g/mol. The van der Waals surface area contributed by atoms with Gasteiger partial charge in [0.25, 0.3) is 0 Å². The third-order valence-electron chi connectivity index (χ3n) is 8.82. The third kappa shape index (κ3) is 3.13. The maximum absolute atomic E-state index is 13.1. The second kappa shape index (κ2) is 7.84. The Morgan fingerprint density at radius 3 is 2.89 bits per heavy atom. The summed E-state index contributed by atoms with van der Waals surface area (Å²) in [6.07, 6.45) is 3.88. The van der Waals surface area contributed by atoms with Crippen LogP contribution in [-0.2, 0) is 22.3 Å². The predicted molar refractivity (Wildman–Crippen MR) is 132 cm³/mol. The minimum atomic E-state index is -5.15. The molecule has 6 rings (SSSR count). The molecule has 4 aliphatic rings. The van der Waals surface area contributed by atoms with E-state index in [1.165, 1.54) is 12.1 Å². The lowest BCUT2D eigenvalue weighted by molar-refractivity contribution is -0.187. The minimum Gasteiger partial charge on any atom is -0.504 e. The summed E-state index contributed by atoms with van der Waals surface area (Å²) in [6, 6.07) is 9.54. The topological polar surface area (TPSA) is 99.5 Å². The molecular weight excluding hydrogens is 487 g/mol. The quantitative estimate of drug-likeness (QED) is 0.447. The van der Waals surface area contributed by atoms with Crippen molar-refractivity contribution in [3.8, 4) is 17.2 Å². The number of phenolic OH excluding ortho intramolecular Hbond substituents is 1. The first-order valence-electron chi connectivity index (χ1n) is 12.2. The molecule has 2 bridgehead atoms. The lowest BCUT2D eigenvalue weighted by Crippen LogP contribution is -2.78. The smallest absolute Gasteiger partial charge is 0.488 e. The Morgan fingerprint density at radius 1 is 1.33 bits per heavy atom. The molecule has 36 heavy (non-hydrogen) atoms. The van der Waals surface area contributed by atoms with E-state index in [4.69, 9.17) is 4.74 Å². The van der Waals surface area contributed by atoms with Crippen molar-refractivity contribution in [3.63, 3.8) is 0 Å². The molecule has 192 valence electrons. The molecule has 2 fully saturated rings. The van der Waals surface area contributed by atoms with E-state index in [2.05, 4.69) is 15.7 Å². The minimum absolute atomic E-state index is 0.0665. The van der Waals surface area contributed by atoms with E-state index in [9.17, 15) is 22.5 Å². The van der Waals surface area contributed by atoms with E-state index < -0.39 is 27.6 Å². The second-order valence-corrected chi connectivity index (χ2v) is 11.3. The Labute approximate surface area is 210 Å². The van der Waals surface area contributed by atoms with Crippen LogP contribution >= 0.6 is 0 Å². The second-order valence-electron chi connectivity index (χ2n) is 10.3. The van der Waals surface area contributed by atoms with Gasteiger partial charge in [-0.1, -0.05) is 22.1 Å². The van der Waals surface area contributed by atoms with Crippen LogP contribution in [0.1, 0.15) is 30.4 Å². The lowest BCUT2D eigenvalue weighted by atomic mass is 9.48. The van der Waals surface area contributed by atoms with Crippen LogP contribution in [0, 0.1) is 0 Å². The molecule has 1 saturated heterocycles. The molecule has 2 unspecified atom stereocenters. The van der Waals surface area contributed by atoms with Crippen LogP contribution in [0.4, 0.5) is 9.57 Å². The van der Waals surface area contributed by atoms with Crippen LogP contribution in [0.5, 0.6) is 17.2 Å². The van der Waals surface area contributed by atoms with Crippen LogP contribution in [0.2, 0.25) is 0 Å². The number of ether oxygens (including phenoxy) is 1. The highest BCUT2D eigenvalue weighted by Crippen LogP contribution is 2.65. The molecule has 0 radical (unpaired) electrons. The van der Waals surface area contributed by atoms with E-state index in [0.29, 0.717) is 43.7 Å². The van der Waals surface area contributed by atoms with Crippen molar-refractivity contribution >= 4 is 16.2 Å². The molecule has 1 spiro atoms. The standard InChI is InChI=1S/C26H29FN2O6S/c1-3-12-29-13-11-25-22-16-7-8-20(30)23(22)34-24(25)19(9-10-26(25,31)21(29)14-16)28(2)17-5-4-6-18(15-17)35-36(27,32)33/h3-8,15,19,21,24,30-31H,1,9-14H2,2H3/t19-,21?,24?,25+,26-/m1/s1. The summed E-state index contributed by atoms with van der Waals surface area (Å²) in [7, 11) is -3.28. The zero-order valence-corrected chi connectivity index (χ0v) is 20.7. The summed E-state index contributed by atoms with van der Waals surface area (Å²) < 4.78 is 46.2. The number of rotatable bonds is 6. The number of likely N-dealkylation sites (N-methyl/N-ethyl adjacent to an activating group) is 1. The average Bonchev–Trinajstić information content (AvgIpc) is 3.17. The van der Waals surface area contributed by atoms with Gasteiger partial charge in [0, 0.05) is 37.0 Å². The molecule has 2 aromatic carbocycles. The largest absolute Gasteiger partial charge is 0.504 e. The van der Waals surface area contributed by atoms with Gasteiger partial charge in [0.15, 0.2) is 11.5 Å². The van der Waals surface area contributed by atoms with Crippen molar-refractivity contribution in [1.82, 2.24) is 4.90 Å². The zero-order chi connectivity index (χ0) is 25.5. The molecule has 8 nitrogen and oxygen atoms in total. The number of hydrogen-bond acceptors (Lipinski definition) is 8. The number of aromatic hydroxyl groups is 1. The van der Waals surface area contributed by atoms with Crippen molar-refractivity contribution in [2.45, 2.75) is 54.9 Å². The maximum Gasteiger partial charge on any atom is 0.488 e. The van der Waals surface area contributed by atoms with Gasteiger partial charge in [-0.3, -0.25) is 4.90 Å². The van der Waals surface area contributed by atoms with Gasteiger partial charge in [0.1, 0.15) is 11.9 Å². The zero-order valence-electron chi connectivity index (χ0n) is 19.9. The Bertz CT molecular complexity index is 1350. The SMILES string of the molecule is C=CCN1CC[C@]23c4c5ccc(O)c4OC2[C@H](N(C)c2cccc(OS(=O)(=O)F)c2)CC[C@@]3(O)C1C5. The number of phenols is 1. The van der Waals surface area contributed by atoms with E-state index in [1.54, 1.807) is 18.2 Å². The van der Waals surface area contributed by atoms with Crippen molar-refractivity contribution in [2.24, 2.45) is 0 Å². The van der Waals surface area contributed by atoms with Gasteiger partial charge >= 0.3 is 10.5 Å². The fourth-order valence-electron chi connectivity index (χ4n) is 7.45. The number of nitrogens with zero attached hydrogens (tertiary/aromatic N) is 2. The normalized spacial score (nSPS) is 32.4. The van der Waals surface area contributed by atoms with E-state index in [1.807, 2.05) is 24.1 Å². The van der Waals surface area contributed by atoms with Crippen LogP contribution < -0.4 is 13.8 Å². The van der Waals surface area contributed by atoms with E-state index in [-0.39, 0.29) is 23.6 Å². The highest BCUT2D eigenvalue weighted by molar-refractivity contribution is 7.81. The molecule has 2 aromatic rings. The first-order valence-corrected chi connectivity index (χ1v) is 13.5. The maximum atomic E-state index is 13.1. The number of halogens is 1. The third-order valence-corrected chi connectivity index (χ3v) is 9.21. The molecular formula is C26H29FN2O6S. The number of anilines is 1. The van der Waals surface area contributed by atoms with Crippen molar-refractivity contribution in [2.75, 3.05) is 25.0 Å². The van der Waals surface area contributed by atoms with Crippen molar-refractivity contribution in [3.05, 3.63) is 60.2 Å². The highest BCUT2D eigenvalue weighted by atomic mass is 32.3. The van der Waals surface area contributed by atoms with Crippen molar-refractivity contribution < 1.29 is 31.4 Å². The number of piperidine rings is 1. The summed E-state index contributed by atoms with van der Waals surface area (Å²) >= 11 is 0. The fraction of sp³-hybridized carbons (Fsp3) is 0.462. The molecule has 1 saturated carbocycles. The summed E-state index contributed by atoms with van der Waals surface area (Å²) in [5.41, 5.74) is 0.882. The molecule has 0 amide bonds. The van der Waals surface area contributed by atoms with Crippen LogP contribution in [0.3, 0.4) is 0 Å². The summed E-state index contributed by atoms with van der Waals surface area (Å²) in [4.78, 5) is 4.27. The lowest BCUT2D eigenvalue weighted by Gasteiger charge is -2.64. The first kappa shape index (κ1) is 23.6. The van der Waals surface area contributed by atoms with Gasteiger partial charge < -0.3 is 24.0 Å². The van der Waals surface area contributed by atoms with Gasteiger partial charge in [0.2, 0.25) is 0 Å². The summed E-state index contributed by atoms with van der Waals surface area (Å²) in [5, 5.41) is 23.2. The Hall–Kier alpha value is -2.82. The van der Waals surface area contributed by atoms with E-state index in [0.717, 1.165) is 17.7 Å². The number of aliphatic hydroxyl groups is 1. The molecule has 2 N–H and O–H groups in total. The number of hydrogen-bond donors (Lipinski definition) is 2. The Morgan fingerprint density at radius 2 is 2.14 bits per heavy atom. The predicted octanol–water partition coefficient (Wildman–Crippen LogP) is 2.83. The monoisotopic (exact) mass is 516 g/mol. The highest BCUT2D eigenvalue weighted by Gasteiger charge is 2.73. The Balaban J connectivity index is 1.44.